The van der Waals surface area contributed by atoms with E-state index in [-0.39, 0.29) is 0 Å². The van der Waals surface area contributed by atoms with Crippen LogP contribution in [0.1, 0.15) is 15.9 Å². The second kappa shape index (κ2) is 2.69. The summed E-state index contributed by atoms with van der Waals surface area (Å²) in [6.45, 7) is 1.97. The van der Waals surface area contributed by atoms with Crippen molar-refractivity contribution in [1.29, 1.82) is 0 Å². The number of nitrogens with zero attached hydrogens (tertiary/aromatic N) is 2. The standard InChI is InChI=1S/C10H10N2O/c1-7-3-8-5-12(2)11-10(8)9(4-7)6-13/h3-6H,1-2H3. The number of fused-ring (bicyclic) bond motifs is 1. The lowest BCUT2D eigenvalue weighted by Crippen LogP contribution is -1.88. The van der Waals surface area contributed by atoms with E-state index in [9.17, 15) is 4.79 Å². The maximum Gasteiger partial charge on any atom is 0.152 e. The molecule has 3 heteroatoms. The molecule has 0 fully saturated rings. The maximum atomic E-state index is 10.7. The Kier molecular flexibility index (Phi) is 1.65. The molecule has 0 bridgehead atoms. The molecule has 0 amide bonds. The second-order valence-corrected chi connectivity index (χ2v) is 3.21. The molecule has 66 valence electrons. The molecule has 0 unspecified atom stereocenters. The fourth-order valence-electron chi connectivity index (χ4n) is 1.53. The van der Waals surface area contributed by atoms with Gasteiger partial charge in [-0.05, 0) is 24.6 Å². The van der Waals surface area contributed by atoms with Crippen LogP contribution in [0.5, 0.6) is 0 Å². The van der Waals surface area contributed by atoms with Gasteiger partial charge in [-0.15, -0.1) is 0 Å². The third kappa shape index (κ3) is 1.22. The van der Waals surface area contributed by atoms with Crippen molar-refractivity contribution in [3.05, 3.63) is 29.5 Å². The first-order valence-corrected chi connectivity index (χ1v) is 4.10. The number of carbonyl (C=O) groups is 1. The third-order valence-corrected chi connectivity index (χ3v) is 2.02. The van der Waals surface area contributed by atoms with Crippen LogP contribution in [0.15, 0.2) is 18.3 Å². The molecule has 2 rings (SSSR count). The van der Waals surface area contributed by atoms with Crippen molar-refractivity contribution in [2.45, 2.75) is 6.92 Å². The van der Waals surface area contributed by atoms with Gasteiger partial charge in [0.05, 0.1) is 0 Å². The molecule has 0 N–H and O–H groups in total. The summed E-state index contributed by atoms with van der Waals surface area (Å²) in [7, 11) is 1.85. The predicted octanol–water partition coefficient (Wildman–Crippen LogP) is 1.69. The van der Waals surface area contributed by atoms with E-state index in [4.69, 9.17) is 0 Å². The van der Waals surface area contributed by atoms with Crippen molar-refractivity contribution >= 4 is 17.2 Å². The molecule has 0 aliphatic heterocycles. The maximum absolute atomic E-state index is 10.7. The Labute approximate surface area is 76.0 Å². The summed E-state index contributed by atoms with van der Waals surface area (Å²) in [5.41, 5.74) is 2.53. The number of hydrogen-bond acceptors (Lipinski definition) is 2. The van der Waals surface area contributed by atoms with Crippen LogP contribution in [-0.2, 0) is 7.05 Å². The van der Waals surface area contributed by atoms with Crippen molar-refractivity contribution in [2.24, 2.45) is 7.05 Å². The molecule has 0 aliphatic rings. The van der Waals surface area contributed by atoms with Crippen LogP contribution in [0.4, 0.5) is 0 Å². The molecule has 13 heavy (non-hydrogen) atoms. The first-order valence-electron chi connectivity index (χ1n) is 4.10. The first kappa shape index (κ1) is 7.98. The van der Waals surface area contributed by atoms with E-state index in [2.05, 4.69) is 5.10 Å². The number of carbonyl (C=O) groups excluding carboxylic acids is 1. The molecule has 0 saturated carbocycles. The number of benzene rings is 1. The van der Waals surface area contributed by atoms with Crippen LogP contribution in [0.3, 0.4) is 0 Å². The van der Waals surface area contributed by atoms with Gasteiger partial charge in [0.2, 0.25) is 0 Å². The van der Waals surface area contributed by atoms with Gasteiger partial charge in [0.1, 0.15) is 5.52 Å². The molecule has 0 spiro atoms. The van der Waals surface area contributed by atoms with Gasteiger partial charge in [-0.25, -0.2) is 0 Å². The summed E-state index contributed by atoms with van der Waals surface area (Å²) in [6.07, 6.45) is 2.76. The molecule has 3 nitrogen and oxygen atoms in total. The quantitative estimate of drug-likeness (QED) is 0.617. The van der Waals surface area contributed by atoms with E-state index in [0.29, 0.717) is 5.56 Å². The molecule has 0 radical (unpaired) electrons. The van der Waals surface area contributed by atoms with Crippen LogP contribution in [0.25, 0.3) is 10.9 Å². The van der Waals surface area contributed by atoms with Crippen LogP contribution in [-0.4, -0.2) is 16.1 Å². The van der Waals surface area contributed by atoms with E-state index >= 15 is 0 Å². The molecule has 0 saturated heterocycles. The Morgan fingerprint density at radius 1 is 1.46 bits per heavy atom. The van der Waals surface area contributed by atoms with Crippen molar-refractivity contribution in [3.63, 3.8) is 0 Å². The zero-order chi connectivity index (χ0) is 9.42. The monoisotopic (exact) mass is 174 g/mol. The van der Waals surface area contributed by atoms with Gasteiger partial charge in [0.15, 0.2) is 6.29 Å². The number of aromatic nitrogens is 2. The highest BCUT2D eigenvalue weighted by Gasteiger charge is 2.04. The van der Waals surface area contributed by atoms with Gasteiger partial charge in [-0.3, -0.25) is 9.48 Å². The van der Waals surface area contributed by atoms with Crippen LogP contribution in [0, 0.1) is 6.92 Å². The number of aryl methyl sites for hydroxylation is 2. The molecular formula is C10H10N2O. The highest BCUT2D eigenvalue weighted by Crippen LogP contribution is 2.17. The minimum Gasteiger partial charge on any atom is -0.298 e. The summed E-state index contributed by atoms with van der Waals surface area (Å²) < 4.78 is 1.72. The van der Waals surface area contributed by atoms with Crippen LogP contribution in [0.2, 0.25) is 0 Å². The van der Waals surface area contributed by atoms with E-state index in [1.54, 1.807) is 4.68 Å². The van der Waals surface area contributed by atoms with Gasteiger partial charge in [-0.1, -0.05) is 0 Å². The molecule has 1 heterocycles. The zero-order valence-electron chi connectivity index (χ0n) is 7.61. The van der Waals surface area contributed by atoms with E-state index < -0.39 is 0 Å². The fourth-order valence-corrected chi connectivity index (χ4v) is 1.53. The molecule has 1 aromatic carbocycles. The summed E-state index contributed by atoms with van der Waals surface area (Å²) in [4.78, 5) is 10.7. The van der Waals surface area contributed by atoms with Crippen molar-refractivity contribution in [2.75, 3.05) is 0 Å². The Morgan fingerprint density at radius 2 is 2.23 bits per heavy atom. The second-order valence-electron chi connectivity index (χ2n) is 3.21. The zero-order valence-corrected chi connectivity index (χ0v) is 7.61. The van der Waals surface area contributed by atoms with Crippen molar-refractivity contribution in [1.82, 2.24) is 9.78 Å². The summed E-state index contributed by atoms with van der Waals surface area (Å²) in [6, 6.07) is 3.87. The van der Waals surface area contributed by atoms with E-state index in [1.165, 1.54) is 0 Å². The number of hydrogen-bond donors (Lipinski definition) is 0. The topological polar surface area (TPSA) is 34.9 Å². The Balaban J connectivity index is 2.88. The van der Waals surface area contributed by atoms with Crippen molar-refractivity contribution in [3.8, 4) is 0 Å². The minimum atomic E-state index is 0.663. The van der Waals surface area contributed by atoms with Crippen molar-refractivity contribution < 1.29 is 4.79 Å². The summed E-state index contributed by atoms with van der Waals surface area (Å²) in [5.74, 6) is 0. The third-order valence-electron chi connectivity index (χ3n) is 2.02. The van der Waals surface area contributed by atoms with Gasteiger partial charge in [-0.2, -0.15) is 5.10 Å². The SMILES string of the molecule is Cc1cc(C=O)c2nn(C)cc2c1. The largest absolute Gasteiger partial charge is 0.298 e. The predicted molar refractivity (Wildman–Crippen MR) is 50.8 cm³/mol. The van der Waals surface area contributed by atoms with Crippen LogP contribution >= 0.6 is 0 Å². The Morgan fingerprint density at radius 3 is 2.92 bits per heavy atom. The number of rotatable bonds is 1. The molecular weight excluding hydrogens is 164 g/mol. The lowest BCUT2D eigenvalue weighted by molar-refractivity contribution is 0.112. The number of aldehydes is 1. The van der Waals surface area contributed by atoms with Gasteiger partial charge < -0.3 is 0 Å². The lowest BCUT2D eigenvalue weighted by atomic mass is 10.1. The summed E-state index contributed by atoms with van der Waals surface area (Å²) in [5, 5.41) is 5.23. The molecule has 1 aromatic heterocycles. The first-order chi connectivity index (χ1) is 6.20. The molecule has 0 atom stereocenters. The highest BCUT2D eigenvalue weighted by molar-refractivity contribution is 5.95. The lowest BCUT2D eigenvalue weighted by Gasteiger charge is -1.94. The van der Waals surface area contributed by atoms with Gasteiger partial charge in [0, 0.05) is 24.2 Å². The summed E-state index contributed by atoms with van der Waals surface area (Å²) >= 11 is 0. The highest BCUT2D eigenvalue weighted by atomic mass is 16.1. The smallest absolute Gasteiger partial charge is 0.152 e. The normalized spacial score (nSPS) is 10.6. The van der Waals surface area contributed by atoms with E-state index in [1.807, 2.05) is 32.3 Å². The molecule has 2 aromatic rings. The average molecular weight is 174 g/mol. The van der Waals surface area contributed by atoms with Crippen LogP contribution < -0.4 is 0 Å². The molecule has 0 aliphatic carbocycles. The van der Waals surface area contributed by atoms with E-state index in [0.717, 1.165) is 22.8 Å². The van der Waals surface area contributed by atoms with Gasteiger partial charge in [0.25, 0.3) is 0 Å². The Bertz CT molecular complexity index is 471. The average Bonchev–Trinajstić information content (AvgIpc) is 2.43. The minimum absolute atomic E-state index is 0.663. The van der Waals surface area contributed by atoms with Gasteiger partial charge >= 0.3 is 0 Å². The fraction of sp³-hybridized carbons (Fsp3) is 0.200. The Hall–Kier alpha value is -1.64.